The molecule has 16 heavy (non-hydrogen) atoms. The first kappa shape index (κ1) is 10.9. The Bertz CT molecular complexity index is 487. The fraction of sp³-hybridized carbons (Fsp3) is 0.182. The predicted molar refractivity (Wildman–Crippen MR) is 65.0 cm³/mol. The minimum atomic E-state index is 0.274. The van der Waals surface area contributed by atoms with Crippen LogP contribution in [0.15, 0.2) is 35.5 Å². The Balaban J connectivity index is 2.05. The van der Waals surface area contributed by atoms with Gasteiger partial charge < -0.3 is 5.73 Å². The van der Waals surface area contributed by atoms with Gasteiger partial charge >= 0.3 is 0 Å². The SMILES string of the molecule is Cc1ccccc1SCc1ncnc(N)n1. The molecule has 0 aliphatic rings. The molecule has 0 saturated heterocycles. The fourth-order valence-electron chi connectivity index (χ4n) is 1.27. The molecule has 0 radical (unpaired) electrons. The molecule has 1 aromatic heterocycles. The normalized spacial score (nSPS) is 10.3. The van der Waals surface area contributed by atoms with Gasteiger partial charge in [-0.3, -0.25) is 0 Å². The molecule has 0 fully saturated rings. The molecule has 1 aromatic carbocycles. The molecule has 1 heterocycles. The molecule has 0 atom stereocenters. The van der Waals surface area contributed by atoms with E-state index in [0.29, 0.717) is 11.6 Å². The zero-order valence-corrected chi connectivity index (χ0v) is 9.74. The van der Waals surface area contributed by atoms with Gasteiger partial charge in [0.05, 0.1) is 5.75 Å². The van der Waals surface area contributed by atoms with E-state index in [2.05, 4.69) is 34.0 Å². The Hall–Kier alpha value is -1.62. The summed E-state index contributed by atoms with van der Waals surface area (Å²) in [6.45, 7) is 2.09. The van der Waals surface area contributed by atoms with Crippen LogP contribution in [0.5, 0.6) is 0 Å². The second-order valence-corrected chi connectivity index (χ2v) is 4.33. The van der Waals surface area contributed by atoms with Crippen LogP contribution in [0.1, 0.15) is 11.4 Å². The number of nitrogens with two attached hydrogens (primary N) is 1. The average molecular weight is 232 g/mol. The second kappa shape index (κ2) is 4.94. The van der Waals surface area contributed by atoms with Gasteiger partial charge in [-0.05, 0) is 18.6 Å². The third kappa shape index (κ3) is 2.70. The number of aryl methyl sites for hydroxylation is 1. The largest absolute Gasteiger partial charge is 0.368 e. The molecule has 0 unspecified atom stereocenters. The third-order valence-corrected chi connectivity index (χ3v) is 3.26. The van der Waals surface area contributed by atoms with Gasteiger partial charge in [-0.2, -0.15) is 4.98 Å². The van der Waals surface area contributed by atoms with Crippen molar-refractivity contribution in [1.82, 2.24) is 15.0 Å². The molecule has 0 aliphatic carbocycles. The molecule has 82 valence electrons. The molecule has 2 N–H and O–H groups in total. The third-order valence-electron chi connectivity index (χ3n) is 2.09. The van der Waals surface area contributed by atoms with Gasteiger partial charge in [0.15, 0.2) is 0 Å². The summed E-state index contributed by atoms with van der Waals surface area (Å²) in [6.07, 6.45) is 1.44. The number of hydrogen-bond acceptors (Lipinski definition) is 5. The van der Waals surface area contributed by atoms with Crippen LogP contribution in [0.4, 0.5) is 5.95 Å². The topological polar surface area (TPSA) is 64.7 Å². The lowest BCUT2D eigenvalue weighted by atomic mass is 10.2. The van der Waals surface area contributed by atoms with E-state index in [1.807, 2.05) is 12.1 Å². The van der Waals surface area contributed by atoms with Crippen LogP contribution in [0.2, 0.25) is 0 Å². The van der Waals surface area contributed by atoms with Crippen molar-refractivity contribution in [3.8, 4) is 0 Å². The predicted octanol–water partition coefficient (Wildman–Crippen LogP) is 2.05. The van der Waals surface area contributed by atoms with Crippen LogP contribution in [0.25, 0.3) is 0 Å². The zero-order valence-electron chi connectivity index (χ0n) is 8.92. The zero-order chi connectivity index (χ0) is 11.4. The first-order chi connectivity index (χ1) is 7.75. The molecular weight excluding hydrogens is 220 g/mol. The van der Waals surface area contributed by atoms with Crippen molar-refractivity contribution in [1.29, 1.82) is 0 Å². The van der Waals surface area contributed by atoms with Crippen molar-refractivity contribution >= 4 is 17.7 Å². The van der Waals surface area contributed by atoms with Gasteiger partial charge in [-0.25, -0.2) is 9.97 Å². The van der Waals surface area contributed by atoms with Gasteiger partial charge in [-0.15, -0.1) is 11.8 Å². The highest BCUT2D eigenvalue weighted by Gasteiger charge is 2.01. The minimum Gasteiger partial charge on any atom is -0.368 e. The number of thioether (sulfide) groups is 1. The lowest BCUT2D eigenvalue weighted by Crippen LogP contribution is -2.00. The Morgan fingerprint density at radius 2 is 2.06 bits per heavy atom. The summed E-state index contributed by atoms with van der Waals surface area (Å²) >= 11 is 1.70. The van der Waals surface area contributed by atoms with E-state index >= 15 is 0 Å². The number of anilines is 1. The highest BCUT2D eigenvalue weighted by molar-refractivity contribution is 7.98. The first-order valence-corrected chi connectivity index (χ1v) is 5.86. The number of benzene rings is 1. The highest BCUT2D eigenvalue weighted by Crippen LogP contribution is 2.24. The van der Waals surface area contributed by atoms with Crippen molar-refractivity contribution in [3.63, 3.8) is 0 Å². The molecule has 0 aliphatic heterocycles. The van der Waals surface area contributed by atoms with Crippen molar-refractivity contribution in [2.24, 2.45) is 0 Å². The smallest absolute Gasteiger partial charge is 0.223 e. The van der Waals surface area contributed by atoms with Gasteiger partial charge in [0.2, 0.25) is 5.95 Å². The van der Waals surface area contributed by atoms with Gasteiger partial charge in [-0.1, -0.05) is 18.2 Å². The van der Waals surface area contributed by atoms with E-state index < -0.39 is 0 Å². The molecule has 0 bridgehead atoms. The van der Waals surface area contributed by atoms with E-state index in [0.717, 1.165) is 0 Å². The van der Waals surface area contributed by atoms with Crippen LogP contribution in [-0.2, 0) is 5.75 Å². The van der Waals surface area contributed by atoms with Crippen LogP contribution in [0, 0.1) is 6.92 Å². The lowest BCUT2D eigenvalue weighted by molar-refractivity contribution is 0.974. The summed E-state index contributed by atoms with van der Waals surface area (Å²) in [7, 11) is 0. The summed E-state index contributed by atoms with van der Waals surface area (Å²) in [5.74, 6) is 1.69. The van der Waals surface area contributed by atoms with Crippen LogP contribution >= 0.6 is 11.8 Å². The highest BCUT2D eigenvalue weighted by atomic mass is 32.2. The summed E-state index contributed by atoms with van der Waals surface area (Å²) in [4.78, 5) is 13.1. The van der Waals surface area contributed by atoms with E-state index in [1.54, 1.807) is 11.8 Å². The Morgan fingerprint density at radius 1 is 1.25 bits per heavy atom. The summed E-state index contributed by atoms with van der Waals surface area (Å²) in [6, 6.07) is 8.23. The molecule has 2 aromatic rings. The number of rotatable bonds is 3. The molecule has 5 heteroatoms. The number of nitrogen functional groups attached to an aromatic ring is 1. The van der Waals surface area contributed by atoms with Crippen molar-refractivity contribution in [2.45, 2.75) is 17.6 Å². The molecule has 0 spiro atoms. The first-order valence-electron chi connectivity index (χ1n) is 4.87. The quantitative estimate of drug-likeness (QED) is 0.820. The van der Waals surface area contributed by atoms with Crippen molar-refractivity contribution < 1.29 is 0 Å². The Kier molecular flexibility index (Phi) is 3.36. The molecule has 2 rings (SSSR count). The summed E-state index contributed by atoms with van der Waals surface area (Å²) < 4.78 is 0. The van der Waals surface area contributed by atoms with E-state index in [9.17, 15) is 0 Å². The maximum Gasteiger partial charge on any atom is 0.223 e. The van der Waals surface area contributed by atoms with E-state index in [-0.39, 0.29) is 5.95 Å². The molecule has 0 amide bonds. The summed E-state index contributed by atoms with van der Waals surface area (Å²) in [5, 5.41) is 0. The molecule has 4 nitrogen and oxygen atoms in total. The van der Waals surface area contributed by atoms with Crippen LogP contribution in [0.3, 0.4) is 0 Å². The van der Waals surface area contributed by atoms with Gasteiger partial charge in [0.1, 0.15) is 12.2 Å². The molecular formula is C11H12N4S. The number of hydrogen-bond donors (Lipinski definition) is 1. The van der Waals surface area contributed by atoms with Crippen molar-refractivity contribution in [3.05, 3.63) is 42.0 Å². The van der Waals surface area contributed by atoms with Gasteiger partial charge in [0.25, 0.3) is 0 Å². The van der Waals surface area contributed by atoms with Crippen LogP contribution < -0.4 is 5.73 Å². The maximum absolute atomic E-state index is 5.49. The standard InChI is InChI=1S/C11H12N4S/c1-8-4-2-3-5-9(8)16-6-10-13-7-14-11(12)15-10/h2-5,7H,6H2,1H3,(H2,12,13,14,15). The average Bonchev–Trinajstić information content (AvgIpc) is 2.28. The van der Waals surface area contributed by atoms with E-state index in [1.165, 1.54) is 16.8 Å². The van der Waals surface area contributed by atoms with Crippen molar-refractivity contribution in [2.75, 3.05) is 5.73 Å². The lowest BCUT2D eigenvalue weighted by Gasteiger charge is -2.04. The van der Waals surface area contributed by atoms with E-state index in [4.69, 9.17) is 5.73 Å². The fourth-order valence-corrected chi connectivity index (χ4v) is 2.17. The minimum absolute atomic E-state index is 0.274. The second-order valence-electron chi connectivity index (χ2n) is 3.31. The Morgan fingerprint density at radius 3 is 2.81 bits per heavy atom. The Labute approximate surface area is 98.3 Å². The number of nitrogens with zero attached hydrogens (tertiary/aromatic N) is 3. The van der Waals surface area contributed by atoms with Gasteiger partial charge in [0, 0.05) is 4.90 Å². The van der Waals surface area contributed by atoms with Crippen LogP contribution in [-0.4, -0.2) is 15.0 Å². The monoisotopic (exact) mass is 232 g/mol. The number of aromatic nitrogens is 3. The summed E-state index contributed by atoms with van der Waals surface area (Å²) in [5.41, 5.74) is 6.74. The molecule has 0 saturated carbocycles. The maximum atomic E-state index is 5.49.